The number of nitrogens with zero attached hydrogens (tertiary/aromatic N) is 5. The summed E-state index contributed by atoms with van der Waals surface area (Å²) in [7, 11) is 0. The van der Waals surface area contributed by atoms with E-state index in [1.54, 1.807) is 4.68 Å². The van der Waals surface area contributed by atoms with Crippen LogP contribution in [-0.2, 0) is 4.79 Å². The normalized spacial score (nSPS) is 11.0. The molecule has 0 aliphatic rings. The van der Waals surface area contributed by atoms with E-state index in [1.165, 1.54) is 22.9 Å². The Bertz CT molecular complexity index is 1250. The third-order valence-corrected chi connectivity index (χ3v) is 5.69. The number of hydrogen-bond acceptors (Lipinski definition) is 7. The summed E-state index contributed by atoms with van der Waals surface area (Å²) < 4.78 is 7.45. The summed E-state index contributed by atoms with van der Waals surface area (Å²) in [5, 5.41) is 19.7. The maximum Gasteiger partial charge on any atom is 0.277 e. The van der Waals surface area contributed by atoms with Crippen LogP contribution in [0.25, 0.3) is 17.3 Å². The van der Waals surface area contributed by atoms with Crippen molar-refractivity contribution in [1.29, 1.82) is 0 Å². The molecule has 8 nitrogen and oxygen atoms in total. The van der Waals surface area contributed by atoms with Crippen LogP contribution in [0.4, 0.5) is 5.69 Å². The first kappa shape index (κ1) is 20.8. The summed E-state index contributed by atoms with van der Waals surface area (Å²) >= 11 is 1.17. The second kappa shape index (κ2) is 8.73. The Labute approximate surface area is 184 Å². The largest absolute Gasteiger partial charge is 0.409 e. The molecule has 0 saturated heterocycles. The lowest BCUT2D eigenvalue weighted by Crippen LogP contribution is -2.13. The molecule has 2 heterocycles. The van der Waals surface area contributed by atoms with Gasteiger partial charge < -0.3 is 9.73 Å². The van der Waals surface area contributed by atoms with Gasteiger partial charge in [0.25, 0.3) is 11.1 Å². The topological polar surface area (TPSA) is 98.7 Å². The van der Waals surface area contributed by atoms with Crippen LogP contribution in [0.3, 0.4) is 0 Å². The van der Waals surface area contributed by atoms with Gasteiger partial charge in [-0.15, -0.1) is 15.3 Å². The van der Waals surface area contributed by atoms with Crippen LogP contribution in [0, 0.1) is 27.7 Å². The Kier molecular flexibility index (Phi) is 5.85. The monoisotopic (exact) mass is 434 g/mol. The molecule has 0 aliphatic heterocycles. The highest BCUT2D eigenvalue weighted by Gasteiger charge is 2.19. The number of hydrogen-bond donors (Lipinski definition) is 1. The van der Waals surface area contributed by atoms with E-state index in [4.69, 9.17) is 4.42 Å². The van der Waals surface area contributed by atoms with E-state index < -0.39 is 0 Å². The standard InChI is InChI=1S/C22H22N6O2S/c1-13-6-5-7-17(10-13)23-19(29)12-31-22-26-25-21(30-22)20-16(4)28(27-24-20)18-9-8-14(2)15(3)11-18/h5-11H,12H2,1-4H3,(H,23,29). The summed E-state index contributed by atoms with van der Waals surface area (Å²) in [6.07, 6.45) is 0. The highest BCUT2D eigenvalue weighted by Crippen LogP contribution is 2.26. The SMILES string of the molecule is Cc1cccc(NC(=O)CSc2nnc(-c3nnn(-c4ccc(C)c(C)c4)c3C)o2)c1. The van der Waals surface area contributed by atoms with E-state index in [0.29, 0.717) is 10.9 Å². The number of carbonyl (C=O) groups excluding carboxylic acids is 1. The summed E-state index contributed by atoms with van der Waals surface area (Å²) in [6, 6.07) is 13.7. The predicted octanol–water partition coefficient (Wildman–Crippen LogP) is 4.28. The van der Waals surface area contributed by atoms with Crippen molar-refractivity contribution in [1.82, 2.24) is 25.2 Å². The van der Waals surface area contributed by atoms with Crippen molar-refractivity contribution in [2.24, 2.45) is 0 Å². The highest BCUT2D eigenvalue weighted by molar-refractivity contribution is 7.99. The lowest BCUT2D eigenvalue weighted by Gasteiger charge is -2.06. The molecule has 0 bridgehead atoms. The van der Waals surface area contributed by atoms with Gasteiger partial charge in [-0.3, -0.25) is 4.79 Å². The van der Waals surface area contributed by atoms with Gasteiger partial charge in [-0.1, -0.05) is 35.2 Å². The van der Waals surface area contributed by atoms with E-state index in [2.05, 4.69) is 51.8 Å². The van der Waals surface area contributed by atoms with Crippen molar-refractivity contribution in [2.45, 2.75) is 32.9 Å². The van der Waals surface area contributed by atoms with E-state index in [1.807, 2.05) is 44.2 Å². The zero-order chi connectivity index (χ0) is 22.0. The van der Waals surface area contributed by atoms with Crippen LogP contribution < -0.4 is 5.32 Å². The Balaban J connectivity index is 1.43. The molecule has 9 heteroatoms. The second-order valence-electron chi connectivity index (χ2n) is 7.28. The molecular formula is C22H22N6O2S. The first-order chi connectivity index (χ1) is 14.9. The third kappa shape index (κ3) is 4.66. The van der Waals surface area contributed by atoms with Crippen molar-refractivity contribution in [3.63, 3.8) is 0 Å². The maximum atomic E-state index is 12.2. The summed E-state index contributed by atoms with van der Waals surface area (Å²) in [5.74, 6) is 0.283. The predicted molar refractivity (Wildman–Crippen MR) is 119 cm³/mol. The number of rotatable bonds is 6. The van der Waals surface area contributed by atoms with Gasteiger partial charge >= 0.3 is 0 Å². The fraction of sp³-hybridized carbons (Fsp3) is 0.227. The molecule has 0 fully saturated rings. The van der Waals surface area contributed by atoms with Crippen molar-refractivity contribution >= 4 is 23.4 Å². The molecule has 0 atom stereocenters. The number of nitrogens with one attached hydrogen (secondary N) is 1. The summed E-state index contributed by atoms with van der Waals surface area (Å²) in [6.45, 7) is 8.00. The lowest BCUT2D eigenvalue weighted by atomic mass is 10.1. The Morgan fingerprint density at radius 2 is 1.87 bits per heavy atom. The molecular weight excluding hydrogens is 412 g/mol. The smallest absolute Gasteiger partial charge is 0.277 e. The molecule has 158 valence electrons. The Hall–Kier alpha value is -3.46. The van der Waals surface area contributed by atoms with Crippen molar-refractivity contribution in [3.05, 3.63) is 64.8 Å². The van der Waals surface area contributed by atoms with Crippen molar-refractivity contribution < 1.29 is 9.21 Å². The quantitative estimate of drug-likeness (QED) is 0.452. The van der Waals surface area contributed by atoms with Crippen molar-refractivity contribution in [2.75, 3.05) is 11.1 Å². The molecule has 0 radical (unpaired) electrons. The van der Waals surface area contributed by atoms with Crippen LogP contribution in [-0.4, -0.2) is 36.9 Å². The van der Waals surface area contributed by atoms with Crippen LogP contribution in [0.2, 0.25) is 0 Å². The molecule has 31 heavy (non-hydrogen) atoms. The Morgan fingerprint density at radius 1 is 1.03 bits per heavy atom. The average molecular weight is 435 g/mol. The number of amides is 1. The number of carbonyl (C=O) groups is 1. The highest BCUT2D eigenvalue weighted by atomic mass is 32.2. The first-order valence-corrected chi connectivity index (χ1v) is 10.7. The number of anilines is 1. The molecule has 0 saturated carbocycles. The summed E-state index contributed by atoms with van der Waals surface area (Å²) in [5.41, 5.74) is 6.46. The molecule has 4 aromatic rings. The number of aromatic nitrogens is 5. The first-order valence-electron chi connectivity index (χ1n) is 9.74. The summed E-state index contributed by atoms with van der Waals surface area (Å²) in [4.78, 5) is 12.2. The van der Waals surface area contributed by atoms with Gasteiger partial charge in [-0.25, -0.2) is 4.68 Å². The number of aryl methyl sites for hydroxylation is 3. The van der Waals surface area contributed by atoms with Crippen LogP contribution in [0.5, 0.6) is 0 Å². The number of thioether (sulfide) groups is 1. The van der Waals surface area contributed by atoms with E-state index in [-0.39, 0.29) is 17.6 Å². The van der Waals surface area contributed by atoms with Crippen molar-refractivity contribution in [3.8, 4) is 17.3 Å². The molecule has 1 amide bonds. The van der Waals surface area contributed by atoms with Crippen LogP contribution >= 0.6 is 11.8 Å². The van der Waals surface area contributed by atoms with Gasteiger partial charge in [0.1, 0.15) is 0 Å². The van der Waals surface area contributed by atoms with Gasteiger partial charge in [0.15, 0.2) is 5.69 Å². The van der Waals surface area contributed by atoms with Crippen LogP contribution in [0.15, 0.2) is 52.1 Å². The van der Waals surface area contributed by atoms with Gasteiger partial charge in [0.2, 0.25) is 5.91 Å². The fourth-order valence-electron chi connectivity index (χ4n) is 3.04. The molecule has 2 aromatic heterocycles. The van der Waals surface area contributed by atoms with Gasteiger partial charge in [0.05, 0.1) is 17.1 Å². The van der Waals surface area contributed by atoms with E-state index in [9.17, 15) is 4.79 Å². The number of benzene rings is 2. The molecule has 0 aliphatic carbocycles. The Morgan fingerprint density at radius 3 is 2.65 bits per heavy atom. The third-order valence-electron chi connectivity index (χ3n) is 4.87. The van der Waals surface area contributed by atoms with Gasteiger partial charge in [-0.2, -0.15) is 0 Å². The van der Waals surface area contributed by atoms with Gasteiger partial charge in [0, 0.05) is 5.69 Å². The molecule has 1 N–H and O–H groups in total. The zero-order valence-corrected chi connectivity index (χ0v) is 18.5. The lowest BCUT2D eigenvalue weighted by molar-refractivity contribution is -0.113. The molecule has 0 spiro atoms. The van der Waals surface area contributed by atoms with Crippen LogP contribution in [0.1, 0.15) is 22.4 Å². The molecule has 2 aromatic carbocycles. The van der Waals surface area contributed by atoms with Gasteiger partial charge in [-0.05, 0) is 68.7 Å². The van der Waals surface area contributed by atoms with E-state index in [0.717, 1.165) is 22.6 Å². The zero-order valence-electron chi connectivity index (χ0n) is 17.7. The molecule has 4 rings (SSSR count). The molecule has 0 unspecified atom stereocenters. The minimum atomic E-state index is -0.146. The average Bonchev–Trinajstić information content (AvgIpc) is 3.35. The minimum absolute atomic E-state index is 0.146. The maximum absolute atomic E-state index is 12.2. The van der Waals surface area contributed by atoms with E-state index >= 15 is 0 Å². The fourth-order valence-corrected chi connectivity index (χ4v) is 3.60. The second-order valence-corrected chi connectivity index (χ2v) is 8.21. The minimum Gasteiger partial charge on any atom is -0.409 e.